The molecule has 130 valence electrons. The summed E-state index contributed by atoms with van der Waals surface area (Å²) in [6, 6.07) is 14.1. The van der Waals surface area contributed by atoms with Crippen LogP contribution >= 0.6 is 0 Å². The van der Waals surface area contributed by atoms with Gasteiger partial charge in [0, 0.05) is 35.8 Å². The Balaban J connectivity index is 1.60. The first-order valence-corrected chi connectivity index (χ1v) is 8.41. The van der Waals surface area contributed by atoms with Gasteiger partial charge in [-0.2, -0.15) is 0 Å². The van der Waals surface area contributed by atoms with Gasteiger partial charge in [-0.1, -0.05) is 0 Å². The van der Waals surface area contributed by atoms with Crippen molar-refractivity contribution < 1.29 is 14.3 Å². The van der Waals surface area contributed by atoms with Gasteiger partial charge < -0.3 is 15.4 Å². The van der Waals surface area contributed by atoms with E-state index in [9.17, 15) is 9.59 Å². The molecule has 0 aromatic heterocycles. The first-order chi connectivity index (χ1) is 12.1. The van der Waals surface area contributed by atoms with Crippen molar-refractivity contribution in [2.45, 2.75) is 12.8 Å². The van der Waals surface area contributed by atoms with E-state index in [0.29, 0.717) is 42.7 Å². The molecule has 0 saturated carbocycles. The second kappa shape index (κ2) is 7.38. The molecule has 25 heavy (non-hydrogen) atoms. The molecule has 5 heteroatoms. The Morgan fingerprint density at radius 3 is 2.08 bits per heavy atom. The van der Waals surface area contributed by atoms with Crippen molar-refractivity contribution in [1.29, 1.82) is 0 Å². The van der Waals surface area contributed by atoms with E-state index in [1.807, 2.05) is 4.90 Å². The summed E-state index contributed by atoms with van der Waals surface area (Å²) < 4.78 is 5.12. The van der Waals surface area contributed by atoms with Crippen LogP contribution in [0.25, 0.3) is 0 Å². The standard InChI is InChI=1S/C20H22N2O3/c1-25-18-8-4-14(5-9-18)19(23)15-10-12-22(13-11-15)20(24)16-2-6-17(21)7-3-16/h2-9,15H,10-13,21H2,1H3. The molecule has 1 aliphatic rings. The molecule has 2 N–H and O–H groups in total. The van der Waals surface area contributed by atoms with Crippen LogP contribution in [0.2, 0.25) is 0 Å². The third-order valence-corrected chi connectivity index (χ3v) is 4.69. The summed E-state index contributed by atoms with van der Waals surface area (Å²) in [5, 5.41) is 0. The van der Waals surface area contributed by atoms with E-state index < -0.39 is 0 Å². The monoisotopic (exact) mass is 338 g/mol. The lowest BCUT2D eigenvalue weighted by atomic mass is 9.88. The number of likely N-dealkylation sites (tertiary alicyclic amines) is 1. The third-order valence-electron chi connectivity index (χ3n) is 4.69. The van der Waals surface area contributed by atoms with Crippen LogP contribution in [0.5, 0.6) is 5.75 Å². The van der Waals surface area contributed by atoms with Gasteiger partial charge in [-0.25, -0.2) is 0 Å². The Labute approximate surface area is 147 Å². The van der Waals surface area contributed by atoms with Crippen LogP contribution < -0.4 is 10.5 Å². The van der Waals surface area contributed by atoms with Gasteiger partial charge in [0.25, 0.3) is 5.91 Å². The first kappa shape index (κ1) is 17.0. The van der Waals surface area contributed by atoms with Crippen molar-refractivity contribution >= 4 is 17.4 Å². The minimum atomic E-state index is -0.0381. The SMILES string of the molecule is COc1ccc(C(=O)C2CCN(C(=O)c3ccc(N)cc3)CC2)cc1. The Morgan fingerprint density at radius 1 is 0.960 bits per heavy atom. The molecule has 1 saturated heterocycles. The molecule has 0 atom stereocenters. The number of methoxy groups -OCH3 is 1. The predicted octanol–water partition coefficient (Wildman–Crippen LogP) is 3.01. The van der Waals surface area contributed by atoms with Gasteiger partial charge in [0.1, 0.15) is 5.75 Å². The summed E-state index contributed by atoms with van der Waals surface area (Å²) in [6.07, 6.45) is 1.37. The Morgan fingerprint density at radius 2 is 1.52 bits per heavy atom. The van der Waals surface area contributed by atoms with Crippen LogP contribution in [0.1, 0.15) is 33.6 Å². The van der Waals surface area contributed by atoms with Crippen LogP contribution in [0.3, 0.4) is 0 Å². The minimum Gasteiger partial charge on any atom is -0.497 e. The number of Topliss-reactive ketones (excluding diaryl/α,β-unsaturated/α-hetero) is 1. The molecular formula is C20H22N2O3. The molecule has 1 amide bonds. The molecule has 1 fully saturated rings. The summed E-state index contributed by atoms with van der Waals surface area (Å²) in [5.74, 6) is 0.835. The quantitative estimate of drug-likeness (QED) is 0.687. The Hall–Kier alpha value is -2.82. The molecule has 0 bridgehead atoms. The largest absolute Gasteiger partial charge is 0.497 e. The molecule has 1 heterocycles. The Bertz CT molecular complexity index is 746. The van der Waals surface area contributed by atoms with Crippen molar-refractivity contribution in [1.82, 2.24) is 4.90 Å². The number of nitrogens with two attached hydrogens (primary N) is 1. The van der Waals surface area contributed by atoms with Crippen molar-refractivity contribution in [3.05, 3.63) is 59.7 Å². The van der Waals surface area contributed by atoms with Gasteiger partial charge in [0.2, 0.25) is 0 Å². The molecule has 0 spiro atoms. The number of anilines is 1. The molecule has 0 unspecified atom stereocenters. The summed E-state index contributed by atoms with van der Waals surface area (Å²) >= 11 is 0. The fourth-order valence-electron chi connectivity index (χ4n) is 3.14. The van der Waals surface area contributed by atoms with E-state index in [-0.39, 0.29) is 17.6 Å². The van der Waals surface area contributed by atoms with Crippen molar-refractivity contribution in [2.24, 2.45) is 5.92 Å². The lowest BCUT2D eigenvalue weighted by Crippen LogP contribution is -2.40. The smallest absolute Gasteiger partial charge is 0.253 e. The highest BCUT2D eigenvalue weighted by molar-refractivity contribution is 5.98. The number of carbonyl (C=O) groups is 2. The number of rotatable bonds is 4. The number of ketones is 1. The lowest BCUT2D eigenvalue weighted by molar-refractivity contribution is 0.0650. The maximum atomic E-state index is 12.6. The third kappa shape index (κ3) is 3.82. The summed E-state index contributed by atoms with van der Waals surface area (Å²) in [5.41, 5.74) is 7.63. The highest BCUT2D eigenvalue weighted by atomic mass is 16.5. The summed E-state index contributed by atoms with van der Waals surface area (Å²) in [4.78, 5) is 26.9. The molecule has 0 radical (unpaired) electrons. The van der Waals surface area contributed by atoms with Crippen LogP contribution in [0, 0.1) is 5.92 Å². The van der Waals surface area contributed by atoms with Gasteiger partial charge in [0.15, 0.2) is 5.78 Å². The van der Waals surface area contributed by atoms with Crippen LogP contribution in [-0.2, 0) is 0 Å². The average molecular weight is 338 g/mol. The van der Waals surface area contributed by atoms with Gasteiger partial charge in [-0.3, -0.25) is 9.59 Å². The fraction of sp³-hybridized carbons (Fsp3) is 0.300. The van der Waals surface area contributed by atoms with Gasteiger partial charge in [-0.05, 0) is 61.4 Å². The normalized spacial score (nSPS) is 15.0. The Kier molecular flexibility index (Phi) is 5.03. The van der Waals surface area contributed by atoms with Gasteiger partial charge in [-0.15, -0.1) is 0 Å². The molecular weight excluding hydrogens is 316 g/mol. The number of ether oxygens (including phenoxy) is 1. The zero-order valence-electron chi connectivity index (χ0n) is 14.3. The van der Waals surface area contributed by atoms with Crippen LogP contribution in [0.4, 0.5) is 5.69 Å². The molecule has 1 aliphatic heterocycles. The summed E-state index contributed by atoms with van der Waals surface area (Å²) in [7, 11) is 1.60. The number of benzene rings is 2. The molecule has 3 rings (SSSR count). The number of nitrogen functional groups attached to an aromatic ring is 1. The van der Waals surface area contributed by atoms with E-state index in [0.717, 1.165) is 5.75 Å². The van der Waals surface area contributed by atoms with E-state index in [4.69, 9.17) is 10.5 Å². The lowest BCUT2D eigenvalue weighted by Gasteiger charge is -2.31. The molecule has 2 aromatic rings. The van der Waals surface area contributed by atoms with Gasteiger partial charge in [0.05, 0.1) is 7.11 Å². The number of nitrogens with zero attached hydrogens (tertiary/aromatic N) is 1. The summed E-state index contributed by atoms with van der Waals surface area (Å²) in [6.45, 7) is 1.19. The van der Waals surface area contributed by atoms with E-state index in [2.05, 4.69) is 0 Å². The number of amides is 1. The van der Waals surface area contributed by atoms with Crippen LogP contribution in [0.15, 0.2) is 48.5 Å². The van der Waals surface area contributed by atoms with E-state index in [1.165, 1.54) is 0 Å². The zero-order chi connectivity index (χ0) is 17.8. The number of hydrogen-bond acceptors (Lipinski definition) is 4. The second-order valence-electron chi connectivity index (χ2n) is 6.28. The highest BCUT2D eigenvalue weighted by Gasteiger charge is 2.28. The zero-order valence-corrected chi connectivity index (χ0v) is 14.3. The second-order valence-corrected chi connectivity index (χ2v) is 6.28. The van der Waals surface area contributed by atoms with Crippen LogP contribution in [-0.4, -0.2) is 36.8 Å². The van der Waals surface area contributed by atoms with Crippen molar-refractivity contribution in [3.8, 4) is 5.75 Å². The average Bonchev–Trinajstić information content (AvgIpc) is 2.67. The molecule has 2 aromatic carbocycles. The van der Waals surface area contributed by atoms with E-state index >= 15 is 0 Å². The topological polar surface area (TPSA) is 72.6 Å². The predicted molar refractivity (Wildman–Crippen MR) is 96.8 cm³/mol. The first-order valence-electron chi connectivity index (χ1n) is 8.41. The van der Waals surface area contributed by atoms with Gasteiger partial charge >= 0.3 is 0 Å². The van der Waals surface area contributed by atoms with Crippen molar-refractivity contribution in [2.75, 3.05) is 25.9 Å². The van der Waals surface area contributed by atoms with E-state index in [1.54, 1.807) is 55.6 Å². The number of hydrogen-bond donors (Lipinski definition) is 1. The molecule has 5 nitrogen and oxygen atoms in total. The maximum Gasteiger partial charge on any atom is 0.253 e. The fourth-order valence-corrected chi connectivity index (χ4v) is 3.14. The maximum absolute atomic E-state index is 12.6. The number of piperidine rings is 1. The molecule has 0 aliphatic carbocycles. The number of carbonyl (C=O) groups excluding carboxylic acids is 2. The minimum absolute atomic E-state index is 0.00431. The highest BCUT2D eigenvalue weighted by Crippen LogP contribution is 2.24. The van der Waals surface area contributed by atoms with Crippen molar-refractivity contribution in [3.63, 3.8) is 0 Å².